The number of halogens is 1. The summed E-state index contributed by atoms with van der Waals surface area (Å²) in [5, 5.41) is 20.1. The maximum Gasteiger partial charge on any atom is 0.269 e. The van der Waals surface area contributed by atoms with Crippen LogP contribution < -0.4 is 5.73 Å². The molecule has 0 aromatic heterocycles. The van der Waals surface area contributed by atoms with E-state index in [0.717, 1.165) is 0 Å². The van der Waals surface area contributed by atoms with Gasteiger partial charge in [-0.1, -0.05) is 11.6 Å². The highest BCUT2D eigenvalue weighted by molar-refractivity contribution is 6.31. The van der Waals surface area contributed by atoms with E-state index < -0.39 is 17.1 Å². The number of nitrogens with two attached hydrogens (primary N) is 1. The van der Waals surface area contributed by atoms with Gasteiger partial charge in [0.15, 0.2) is 0 Å². The van der Waals surface area contributed by atoms with Gasteiger partial charge >= 0.3 is 0 Å². The lowest BCUT2D eigenvalue weighted by atomic mass is 10.0. The summed E-state index contributed by atoms with van der Waals surface area (Å²) < 4.78 is 0. The highest BCUT2D eigenvalue weighted by Crippen LogP contribution is 2.27. The smallest absolute Gasteiger partial charge is 0.269 e. The number of aliphatic hydroxyl groups is 1. The molecule has 0 bridgehead atoms. The topological polar surface area (TPSA) is 89.4 Å². The van der Waals surface area contributed by atoms with Crippen molar-refractivity contribution in [1.29, 1.82) is 0 Å². The molecular formula is C9H11ClN2O3. The molecule has 0 amide bonds. The van der Waals surface area contributed by atoms with Crippen LogP contribution in [0.5, 0.6) is 0 Å². The summed E-state index contributed by atoms with van der Waals surface area (Å²) in [6.45, 7) is 1.50. The van der Waals surface area contributed by atoms with E-state index in [-0.39, 0.29) is 5.69 Å². The third-order valence-electron chi connectivity index (χ3n) is 2.07. The van der Waals surface area contributed by atoms with Crippen molar-refractivity contribution in [1.82, 2.24) is 0 Å². The van der Waals surface area contributed by atoms with Gasteiger partial charge in [-0.05, 0) is 18.6 Å². The first-order valence-electron chi connectivity index (χ1n) is 4.31. The predicted octanol–water partition coefficient (Wildman–Crippen LogP) is 1.63. The number of nitro groups is 1. The summed E-state index contributed by atoms with van der Waals surface area (Å²) in [7, 11) is 0. The van der Waals surface area contributed by atoms with Crippen molar-refractivity contribution in [2.75, 3.05) is 0 Å². The highest BCUT2D eigenvalue weighted by Gasteiger charge is 2.18. The Morgan fingerprint density at radius 1 is 1.60 bits per heavy atom. The van der Waals surface area contributed by atoms with Crippen molar-refractivity contribution >= 4 is 17.3 Å². The molecule has 0 fully saturated rings. The second kappa shape index (κ2) is 4.57. The van der Waals surface area contributed by atoms with Crippen LogP contribution in [0.25, 0.3) is 0 Å². The second-order valence-corrected chi connectivity index (χ2v) is 3.64. The highest BCUT2D eigenvalue weighted by atomic mass is 35.5. The van der Waals surface area contributed by atoms with Crippen LogP contribution in [-0.2, 0) is 0 Å². The number of nitro benzene ring substituents is 1. The third-order valence-corrected chi connectivity index (χ3v) is 2.41. The molecule has 0 heterocycles. The van der Waals surface area contributed by atoms with Crippen LogP contribution in [0, 0.1) is 10.1 Å². The van der Waals surface area contributed by atoms with Crippen LogP contribution in [0.1, 0.15) is 18.5 Å². The van der Waals surface area contributed by atoms with Crippen molar-refractivity contribution in [2.24, 2.45) is 5.73 Å². The minimum Gasteiger partial charge on any atom is -0.391 e. The van der Waals surface area contributed by atoms with Gasteiger partial charge in [-0.15, -0.1) is 0 Å². The summed E-state index contributed by atoms with van der Waals surface area (Å²) >= 11 is 5.83. The van der Waals surface area contributed by atoms with Crippen molar-refractivity contribution in [3.63, 3.8) is 0 Å². The predicted molar refractivity (Wildman–Crippen MR) is 56.7 cm³/mol. The third kappa shape index (κ3) is 2.65. The van der Waals surface area contributed by atoms with E-state index in [4.69, 9.17) is 17.3 Å². The maximum atomic E-state index is 10.5. The fourth-order valence-electron chi connectivity index (χ4n) is 1.16. The number of aliphatic hydroxyl groups excluding tert-OH is 1. The molecule has 3 N–H and O–H groups in total. The van der Waals surface area contributed by atoms with Gasteiger partial charge in [-0.2, -0.15) is 0 Å². The quantitative estimate of drug-likeness (QED) is 0.610. The SMILES string of the molecule is C[C@H](O)[C@H](N)c1cc([N+](=O)[O-])ccc1Cl. The average molecular weight is 231 g/mol. The average Bonchev–Trinajstić information content (AvgIpc) is 2.16. The van der Waals surface area contributed by atoms with Gasteiger partial charge in [0.05, 0.1) is 17.1 Å². The fraction of sp³-hybridized carbons (Fsp3) is 0.333. The lowest BCUT2D eigenvalue weighted by molar-refractivity contribution is -0.384. The number of rotatable bonds is 3. The second-order valence-electron chi connectivity index (χ2n) is 3.23. The van der Waals surface area contributed by atoms with E-state index in [2.05, 4.69) is 0 Å². The molecule has 0 radical (unpaired) electrons. The molecule has 1 rings (SSSR count). The normalized spacial score (nSPS) is 14.7. The summed E-state index contributed by atoms with van der Waals surface area (Å²) in [5.41, 5.74) is 5.93. The lowest BCUT2D eigenvalue weighted by Crippen LogP contribution is -2.23. The zero-order valence-corrected chi connectivity index (χ0v) is 8.81. The minimum atomic E-state index is -0.815. The summed E-state index contributed by atoms with van der Waals surface area (Å²) in [6, 6.07) is 3.25. The Labute approximate surface area is 91.6 Å². The first-order valence-corrected chi connectivity index (χ1v) is 4.68. The lowest BCUT2D eigenvalue weighted by Gasteiger charge is -2.16. The molecule has 0 saturated carbocycles. The van der Waals surface area contributed by atoms with Gasteiger partial charge in [0.25, 0.3) is 5.69 Å². The zero-order valence-electron chi connectivity index (χ0n) is 8.05. The van der Waals surface area contributed by atoms with Crippen molar-refractivity contribution in [2.45, 2.75) is 19.1 Å². The molecule has 15 heavy (non-hydrogen) atoms. The standard InChI is InChI=1S/C9H11ClN2O3/c1-5(13)9(11)7-4-6(12(14)15)2-3-8(7)10/h2-5,9,13H,11H2,1H3/t5-,9-/m0/s1. The summed E-state index contributed by atoms with van der Waals surface area (Å²) in [4.78, 5) is 9.98. The molecule has 5 nitrogen and oxygen atoms in total. The minimum absolute atomic E-state index is 0.0921. The molecule has 0 spiro atoms. The first kappa shape index (κ1) is 11.9. The van der Waals surface area contributed by atoms with Gasteiger partial charge in [0, 0.05) is 17.2 Å². The molecule has 2 atom stereocenters. The molecule has 0 aliphatic heterocycles. The van der Waals surface area contributed by atoms with Gasteiger partial charge in [0.2, 0.25) is 0 Å². The maximum absolute atomic E-state index is 10.5. The number of non-ortho nitro benzene ring substituents is 1. The Balaban J connectivity index is 3.16. The van der Waals surface area contributed by atoms with Crippen molar-refractivity contribution in [3.05, 3.63) is 38.9 Å². The molecule has 1 aromatic rings. The number of benzene rings is 1. The monoisotopic (exact) mass is 230 g/mol. The Morgan fingerprint density at radius 2 is 2.20 bits per heavy atom. The molecule has 6 heteroatoms. The van der Waals surface area contributed by atoms with E-state index in [1.807, 2.05) is 0 Å². The Bertz CT molecular complexity index is 382. The van der Waals surface area contributed by atoms with Crippen LogP contribution >= 0.6 is 11.6 Å². The van der Waals surface area contributed by atoms with E-state index in [0.29, 0.717) is 10.6 Å². The first-order chi connectivity index (χ1) is 6.93. The van der Waals surface area contributed by atoms with E-state index in [1.165, 1.54) is 25.1 Å². The van der Waals surface area contributed by atoms with Crippen LogP contribution in [0.3, 0.4) is 0 Å². The molecule has 1 aromatic carbocycles. The Hall–Kier alpha value is -1.17. The number of nitrogens with zero attached hydrogens (tertiary/aromatic N) is 1. The van der Waals surface area contributed by atoms with Crippen LogP contribution in [0.2, 0.25) is 5.02 Å². The molecule has 0 aliphatic carbocycles. The van der Waals surface area contributed by atoms with Gasteiger partial charge in [-0.3, -0.25) is 10.1 Å². The molecule has 82 valence electrons. The number of hydrogen-bond acceptors (Lipinski definition) is 4. The molecular weight excluding hydrogens is 220 g/mol. The van der Waals surface area contributed by atoms with Gasteiger partial charge in [-0.25, -0.2) is 0 Å². The van der Waals surface area contributed by atoms with Gasteiger partial charge in [0.1, 0.15) is 0 Å². The summed E-state index contributed by atoms with van der Waals surface area (Å²) in [5.74, 6) is 0. The van der Waals surface area contributed by atoms with Crippen molar-refractivity contribution < 1.29 is 10.0 Å². The van der Waals surface area contributed by atoms with Crippen LogP contribution in [0.4, 0.5) is 5.69 Å². The largest absolute Gasteiger partial charge is 0.391 e. The van der Waals surface area contributed by atoms with Gasteiger partial charge < -0.3 is 10.8 Å². The van der Waals surface area contributed by atoms with E-state index in [1.54, 1.807) is 0 Å². The number of hydrogen-bond donors (Lipinski definition) is 2. The van der Waals surface area contributed by atoms with Crippen molar-refractivity contribution in [3.8, 4) is 0 Å². The Kier molecular flexibility index (Phi) is 3.62. The zero-order chi connectivity index (χ0) is 11.6. The molecule has 0 aliphatic rings. The van der Waals surface area contributed by atoms with E-state index in [9.17, 15) is 15.2 Å². The van der Waals surface area contributed by atoms with Crippen LogP contribution in [0.15, 0.2) is 18.2 Å². The van der Waals surface area contributed by atoms with Crippen LogP contribution in [-0.4, -0.2) is 16.1 Å². The molecule has 0 unspecified atom stereocenters. The molecule has 0 saturated heterocycles. The fourth-order valence-corrected chi connectivity index (χ4v) is 1.40. The summed E-state index contributed by atoms with van der Waals surface area (Å²) in [6.07, 6.45) is -0.815. The van der Waals surface area contributed by atoms with E-state index >= 15 is 0 Å². The Morgan fingerprint density at radius 3 is 2.67 bits per heavy atom.